The molecule has 0 radical (unpaired) electrons. The molecule has 1 fully saturated rings. The Kier molecular flexibility index (Phi) is 3.94. The maximum Gasteiger partial charge on any atom is 0.336 e. The predicted molar refractivity (Wildman–Crippen MR) is 94.5 cm³/mol. The molecule has 0 saturated carbocycles. The first kappa shape index (κ1) is 17.2. The third-order valence-electron chi connectivity index (χ3n) is 4.61. The molecule has 2 heterocycles. The van der Waals surface area contributed by atoms with Crippen LogP contribution in [-0.4, -0.2) is 22.4 Å². The highest BCUT2D eigenvalue weighted by Gasteiger charge is 2.44. The Morgan fingerprint density at radius 2 is 1.84 bits per heavy atom. The van der Waals surface area contributed by atoms with E-state index < -0.39 is 17.2 Å². The number of nitrogens with zero attached hydrogens (tertiary/aromatic N) is 1. The molecule has 0 bridgehead atoms. The van der Waals surface area contributed by atoms with Crippen LogP contribution < -0.4 is 10.9 Å². The Labute approximate surface area is 145 Å². The van der Waals surface area contributed by atoms with Crippen molar-refractivity contribution in [2.75, 3.05) is 0 Å². The van der Waals surface area contributed by atoms with Crippen molar-refractivity contribution >= 4 is 22.9 Å². The van der Waals surface area contributed by atoms with E-state index in [0.29, 0.717) is 17.1 Å². The van der Waals surface area contributed by atoms with Crippen molar-refractivity contribution in [3.8, 4) is 0 Å². The minimum Gasteiger partial charge on any atom is -0.423 e. The Morgan fingerprint density at radius 1 is 1.16 bits per heavy atom. The second-order valence-electron chi connectivity index (χ2n) is 7.40. The first-order valence-corrected chi connectivity index (χ1v) is 8.31. The van der Waals surface area contributed by atoms with E-state index >= 15 is 0 Å². The largest absolute Gasteiger partial charge is 0.423 e. The summed E-state index contributed by atoms with van der Waals surface area (Å²) in [6.07, 6.45) is 0. The third-order valence-corrected chi connectivity index (χ3v) is 4.61. The maximum absolute atomic E-state index is 12.4. The number of carbonyl (C=O) groups is 2. The molecule has 132 valence electrons. The number of rotatable bonds is 3. The van der Waals surface area contributed by atoms with Gasteiger partial charge in [-0.3, -0.25) is 9.69 Å². The summed E-state index contributed by atoms with van der Waals surface area (Å²) in [5, 5.41) is 3.40. The van der Waals surface area contributed by atoms with Crippen LogP contribution in [-0.2, 0) is 11.3 Å². The monoisotopic (exact) mass is 342 g/mol. The van der Waals surface area contributed by atoms with Crippen LogP contribution in [0.1, 0.15) is 50.3 Å². The van der Waals surface area contributed by atoms with E-state index in [-0.39, 0.29) is 12.5 Å². The second kappa shape index (κ2) is 5.72. The topological polar surface area (TPSA) is 79.6 Å². The lowest BCUT2D eigenvalue weighted by Crippen LogP contribution is -2.40. The summed E-state index contributed by atoms with van der Waals surface area (Å²) < 4.78 is 5.32. The van der Waals surface area contributed by atoms with Crippen molar-refractivity contribution in [1.82, 2.24) is 10.2 Å². The molecule has 1 aromatic heterocycles. The van der Waals surface area contributed by atoms with Crippen LogP contribution >= 0.6 is 0 Å². The maximum atomic E-state index is 12.4. The molecule has 1 aromatic carbocycles. The van der Waals surface area contributed by atoms with E-state index in [2.05, 4.69) is 19.2 Å². The molecule has 1 saturated heterocycles. The van der Waals surface area contributed by atoms with Gasteiger partial charge in [-0.15, -0.1) is 0 Å². The highest BCUT2D eigenvalue weighted by Crippen LogP contribution is 2.28. The lowest BCUT2D eigenvalue weighted by molar-refractivity contribution is -0.130. The number of hydrogen-bond acceptors (Lipinski definition) is 4. The van der Waals surface area contributed by atoms with E-state index in [1.807, 2.05) is 19.1 Å². The molecular formula is C19H22N2O4. The van der Waals surface area contributed by atoms with Gasteiger partial charge in [-0.2, -0.15) is 0 Å². The van der Waals surface area contributed by atoms with E-state index in [9.17, 15) is 14.4 Å². The molecule has 1 aliphatic rings. The molecule has 3 amide bonds. The summed E-state index contributed by atoms with van der Waals surface area (Å²) in [7, 11) is 0. The Hall–Kier alpha value is -2.63. The number of benzene rings is 1. The van der Waals surface area contributed by atoms with Gasteiger partial charge < -0.3 is 9.73 Å². The third kappa shape index (κ3) is 2.92. The van der Waals surface area contributed by atoms with E-state index in [0.717, 1.165) is 21.4 Å². The summed E-state index contributed by atoms with van der Waals surface area (Å²) in [5.74, 6) is -0.00471. The number of fused-ring (bicyclic) bond motifs is 1. The fourth-order valence-electron chi connectivity index (χ4n) is 3.28. The lowest BCUT2D eigenvalue weighted by atomic mass is 9.95. The van der Waals surface area contributed by atoms with Crippen molar-refractivity contribution in [2.24, 2.45) is 0 Å². The normalized spacial score (nSPS) is 16.8. The van der Waals surface area contributed by atoms with Gasteiger partial charge >= 0.3 is 11.7 Å². The molecule has 25 heavy (non-hydrogen) atoms. The molecule has 2 aromatic rings. The summed E-state index contributed by atoms with van der Waals surface area (Å²) in [6.45, 7) is 9.51. The SMILES string of the molecule is Cc1cc2oc(=O)cc(CN3C(=O)NC(C)(C)C3=O)c2cc1C(C)C. The van der Waals surface area contributed by atoms with E-state index in [1.165, 1.54) is 6.07 Å². The zero-order chi connectivity index (χ0) is 18.5. The van der Waals surface area contributed by atoms with Gasteiger partial charge in [0, 0.05) is 11.5 Å². The molecule has 6 heteroatoms. The van der Waals surface area contributed by atoms with Gasteiger partial charge in [-0.05, 0) is 55.5 Å². The number of carbonyl (C=O) groups excluding carboxylic acids is 2. The molecule has 6 nitrogen and oxygen atoms in total. The zero-order valence-corrected chi connectivity index (χ0v) is 15.1. The van der Waals surface area contributed by atoms with Crippen molar-refractivity contribution in [1.29, 1.82) is 0 Å². The molecule has 0 atom stereocenters. The number of urea groups is 1. The van der Waals surface area contributed by atoms with Crippen molar-refractivity contribution in [3.05, 3.63) is 45.3 Å². The Morgan fingerprint density at radius 3 is 2.40 bits per heavy atom. The smallest absolute Gasteiger partial charge is 0.336 e. The molecule has 0 unspecified atom stereocenters. The first-order chi connectivity index (χ1) is 11.6. The summed E-state index contributed by atoms with van der Waals surface area (Å²) in [4.78, 5) is 37.7. The first-order valence-electron chi connectivity index (χ1n) is 8.31. The highest BCUT2D eigenvalue weighted by atomic mass is 16.4. The van der Waals surface area contributed by atoms with Crippen molar-refractivity contribution < 1.29 is 14.0 Å². The quantitative estimate of drug-likeness (QED) is 0.687. The van der Waals surface area contributed by atoms with Gasteiger partial charge in [0.1, 0.15) is 11.1 Å². The standard InChI is InChI=1S/C19H22N2O4/c1-10(2)13-8-14-12(7-16(22)25-15(14)6-11(13)3)9-21-17(23)19(4,5)20-18(21)24/h6-8,10H,9H2,1-5H3,(H,20,24). The lowest BCUT2D eigenvalue weighted by Gasteiger charge is -2.17. The average molecular weight is 342 g/mol. The fourth-order valence-corrected chi connectivity index (χ4v) is 3.28. The van der Waals surface area contributed by atoms with Crippen LogP contribution in [0.15, 0.2) is 27.4 Å². The van der Waals surface area contributed by atoms with Gasteiger partial charge in [0.15, 0.2) is 0 Å². The fraction of sp³-hybridized carbons (Fsp3) is 0.421. The molecule has 1 N–H and O–H groups in total. The zero-order valence-electron chi connectivity index (χ0n) is 15.1. The van der Waals surface area contributed by atoms with Crippen molar-refractivity contribution in [2.45, 2.75) is 52.6 Å². The van der Waals surface area contributed by atoms with E-state index in [1.54, 1.807) is 13.8 Å². The summed E-state index contributed by atoms with van der Waals surface area (Å²) in [6, 6.07) is 4.73. The van der Waals surface area contributed by atoms with Gasteiger partial charge in [-0.25, -0.2) is 9.59 Å². The predicted octanol–water partition coefficient (Wildman–Crippen LogP) is 3.06. The highest BCUT2D eigenvalue weighted by molar-refractivity contribution is 6.06. The average Bonchev–Trinajstić information content (AvgIpc) is 2.68. The van der Waals surface area contributed by atoms with E-state index in [4.69, 9.17) is 4.42 Å². The summed E-state index contributed by atoms with van der Waals surface area (Å²) >= 11 is 0. The molecule has 0 spiro atoms. The van der Waals surface area contributed by atoms with Crippen LogP contribution in [0, 0.1) is 6.92 Å². The van der Waals surface area contributed by atoms with Crippen LogP contribution in [0.25, 0.3) is 11.0 Å². The number of aryl methyl sites for hydroxylation is 1. The van der Waals surface area contributed by atoms with Gasteiger partial charge in [0.25, 0.3) is 5.91 Å². The van der Waals surface area contributed by atoms with Crippen LogP contribution in [0.2, 0.25) is 0 Å². The Bertz CT molecular complexity index is 940. The molecule has 3 rings (SSSR count). The Balaban J connectivity index is 2.13. The molecule has 0 aliphatic carbocycles. The van der Waals surface area contributed by atoms with Crippen molar-refractivity contribution in [3.63, 3.8) is 0 Å². The van der Waals surface area contributed by atoms with Crippen LogP contribution in [0.4, 0.5) is 4.79 Å². The van der Waals surface area contributed by atoms with Gasteiger partial charge in [-0.1, -0.05) is 13.8 Å². The minimum absolute atomic E-state index is 0.0385. The number of imide groups is 1. The van der Waals surface area contributed by atoms with Crippen LogP contribution in [0.5, 0.6) is 0 Å². The van der Waals surface area contributed by atoms with Gasteiger partial charge in [0.05, 0.1) is 6.54 Å². The van der Waals surface area contributed by atoms with Crippen LogP contribution in [0.3, 0.4) is 0 Å². The minimum atomic E-state index is -0.938. The molecular weight excluding hydrogens is 320 g/mol. The number of amides is 3. The number of hydrogen-bond donors (Lipinski definition) is 1. The second-order valence-corrected chi connectivity index (χ2v) is 7.40. The molecule has 1 aliphatic heterocycles. The summed E-state index contributed by atoms with van der Waals surface area (Å²) in [5.41, 5.74) is 1.82. The van der Waals surface area contributed by atoms with Gasteiger partial charge in [0.2, 0.25) is 0 Å². The number of nitrogens with one attached hydrogen (secondary N) is 1.